The van der Waals surface area contributed by atoms with Gasteiger partial charge in [-0.1, -0.05) is 100 Å². The Balaban J connectivity index is 1.60. The van der Waals surface area contributed by atoms with E-state index >= 15 is 0 Å². The number of furan rings is 1. The van der Waals surface area contributed by atoms with Gasteiger partial charge in [0.15, 0.2) is 0 Å². The van der Waals surface area contributed by atoms with Crippen LogP contribution in [0.4, 0.5) is 0 Å². The first-order chi connectivity index (χ1) is 16.7. The van der Waals surface area contributed by atoms with Crippen LogP contribution in [0.25, 0.3) is 33.1 Å². The van der Waals surface area contributed by atoms with Crippen LogP contribution in [0, 0.1) is 5.92 Å². The van der Waals surface area contributed by atoms with Crippen LogP contribution < -0.4 is 0 Å². The Morgan fingerprint density at radius 3 is 2.62 bits per heavy atom. The second kappa shape index (κ2) is 6.53. The van der Waals surface area contributed by atoms with E-state index in [-0.39, 0.29) is 17.3 Å². The molecule has 0 saturated heterocycles. The van der Waals surface area contributed by atoms with E-state index in [9.17, 15) is 0 Å². The van der Waals surface area contributed by atoms with Crippen molar-refractivity contribution in [2.75, 3.05) is 0 Å². The van der Waals surface area contributed by atoms with E-state index in [0.717, 1.165) is 21.6 Å². The van der Waals surface area contributed by atoms with Gasteiger partial charge in [-0.25, -0.2) is 0 Å². The first-order valence-electron chi connectivity index (χ1n) is 11.6. The molecule has 1 aromatic heterocycles. The van der Waals surface area contributed by atoms with E-state index in [0.29, 0.717) is 0 Å². The largest absolute Gasteiger partial charge is 0.456 e. The van der Waals surface area contributed by atoms with Crippen molar-refractivity contribution in [3.63, 3.8) is 0 Å². The predicted molar refractivity (Wildman–Crippen MR) is 143 cm³/mol. The minimum Gasteiger partial charge on any atom is -0.456 e. The van der Waals surface area contributed by atoms with Gasteiger partial charge in [0.1, 0.15) is 11.2 Å². The van der Waals surface area contributed by atoms with Crippen LogP contribution >= 0.6 is 27.5 Å². The molecule has 0 amide bonds. The Morgan fingerprint density at radius 1 is 0.824 bits per heavy atom. The molecule has 1 spiro atoms. The van der Waals surface area contributed by atoms with Crippen molar-refractivity contribution in [2.24, 2.45) is 5.92 Å². The maximum absolute atomic E-state index is 6.69. The summed E-state index contributed by atoms with van der Waals surface area (Å²) in [5, 5.41) is 3.13. The summed E-state index contributed by atoms with van der Waals surface area (Å²) in [6, 6.07) is 28.2. The summed E-state index contributed by atoms with van der Waals surface area (Å²) in [4.78, 5) is 0. The van der Waals surface area contributed by atoms with Crippen molar-refractivity contribution in [2.45, 2.75) is 11.3 Å². The number of allylic oxidation sites excluding steroid dienone is 4. The molecule has 0 aliphatic heterocycles. The third-order valence-electron chi connectivity index (χ3n) is 8.09. The molecular formula is C31H18BrClO. The Kier molecular flexibility index (Phi) is 3.70. The van der Waals surface area contributed by atoms with Crippen molar-refractivity contribution >= 4 is 49.5 Å². The Labute approximate surface area is 210 Å². The molecule has 1 heterocycles. The molecule has 5 aromatic rings. The van der Waals surface area contributed by atoms with Crippen molar-refractivity contribution in [3.8, 4) is 11.1 Å². The minimum atomic E-state index is -0.312. The molecule has 3 atom stereocenters. The van der Waals surface area contributed by atoms with E-state index in [1.807, 2.05) is 12.1 Å². The number of para-hydroxylation sites is 1. The van der Waals surface area contributed by atoms with Gasteiger partial charge in [-0.15, -0.1) is 0 Å². The number of hydrogen-bond acceptors (Lipinski definition) is 1. The predicted octanol–water partition coefficient (Wildman–Crippen LogP) is 9.12. The molecule has 34 heavy (non-hydrogen) atoms. The van der Waals surface area contributed by atoms with Gasteiger partial charge in [-0.3, -0.25) is 0 Å². The van der Waals surface area contributed by atoms with E-state index in [2.05, 4.69) is 101 Å². The Hall–Kier alpha value is -3.07. The Morgan fingerprint density at radius 2 is 1.68 bits per heavy atom. The lowest BCUT2D eigenvalue weighted by Crippen LogP contribution is -2.33. The van der Waals surface area contributed by atoms with Gasteiger partial charge in [-0.2, -0.15) is 0 Å². The molecule has 0 bridgehead atoms. The molecule has 0 saturated carbocycles. The van der Waals surface area contributed by atoms with Crippen LogP contribution in [0.2, 0.25) is 5.02 Å². The summed E-state index contributed by atoms with van der Waals surface area (Å²) in [5.74, 6) is 0.522. The third kappa shape index (κ3) is 2.13. The second-order valence-electron chi connectivity index (χ2n) is 9.48. The fraction of sp³-hybridized carbons (Fsp3) is 0.0968. The van der Waals surface area contributed by atoms with Gasteiger partial charge in [0.2, 0.25) is 0 Å². The normalized spacial score (nSPS) is 23.8. The van der Waals surface area contributed by atoms with Crippen molar-refractivity contribution in [1.29, 1.82) is 0 Å². The summed E-state index contributed by atoms with van der Waals surface area (Å²) < 4.78 is 7.54. The molecular weight excluding hydrogens is 504 g/mol. The maximum atomic E-state index is 6.69. The van der Waals surface area contributed by atoms with Crippen molar-refractivity contribution < 1.29 is 4.42 Å². The second-order valence-corrected chi connectivity index (χ2v) is 10.8. The number of rotatable bonds is 0. The molecule has 162 valence electrons. The van der Waals surface area contributed by atoms with Crippen LogP contribution in [-0.2, 0) is 5.41 Å². The van der Waals surface area contributed by atoms with Gasteiger partial charge >= 0.3 is 0 Å². The molecule has 0 radical (unpaired) electrons. The average Bonchev–Trinajstić information content (AvgIpc) is 3.47. The number of fused-ring (bicyclic) bond motifs is 14. The molecule has 8 rings (SSSR count). The highest BCUT2D eigenvalue weighted by Crippen LogP contribution is 2.67. The van der Waals surface area contributed by atoms with Gasteiger partial charge in [0, 0.05) is 32.1 Å². The SMILES string of the molecule is Clc1ccc2c(c1)C1(c3ccccc3C3C(Br)=CC=CC31)c1ccc3oc4ccccc4c3c1-2. The standard InChI is InChI=1S/C31H18BrClO/c32-25-10-5-9-22-28(25)18-6-1-3-8-21(18)31(22)23-14-15-27-30(20-7-2-4-11-26(20)34-27)29(23)19-13-12-17(33)16-24(19)31/h1-16,22,28H. The lowest BCUT2D eigenvalue weighted by Gasteiger charge is -2.36. The van der Waals surface area contributed by atoms with Crippen LogP contribution in [0.3, 0.4) is 0 Å². The quantitative estimate of drug-likeness (QED) is 0.198. The van der Waals surface area contributed by atoms with E-state index in [1.54, 1.807) is 0 Å². The van der Waals surface area contributed by atoms with E-state index in [4.69, 9.17) is 16.0 Å². The number of hydrogen-bond donors (Lipinski definition) is 0. The van der Waals surface area contributed by atoms with E-state index < -0.39 is 0 Å². The third-order valence-corrected chi connectivity index (χ3v) is 9.09. The summed E-state index contributed by atoms with van der Waals surface area (Å²) in [7, 11) is 0. The zero-order valence-electron chi connectivity index (χ0n) is 18.1. The van der Waals surface area contributed by atoms with Gasteiger partial charge < -0.3 is 4.42 Å². The smallest absolute Gasteiger partial charge is 0.136 e. The fourth-order valence-electron chi connectivity index (χ4n) is 6.98. The summed E-state index contributed by atoms with van der Waals surface area (Å²) in [6.07, 6.45) is 6.79. The van der Waals surface area contributed by atoms with Gasteiger partial charge in [0.25, 0.3) is 0 Å². The maximum Gasteiger partial charge on any atom is 0.136 e. The van der Waals surface area contributed by atoms with Crippen molar-refractivity contribution in [3.05, 3.63) is 129 Å². The fourth-order valence-corrected chi connectivity index (χ4v) is 7.83. The lowest BCUT2D eigenvalue weighted by atomic mass is 9.65. The number of halogens is 2. The van der Waals surface area contributed by atoms with Gasteiger partial charge in [0.05, 0.1) is 5.41 Å². The zero-order chi connectivity index (χ0) is 22.6. The molecule has 0 fully saturated rings. The highest BCUT2D eigenvalue weighted by molar-refractivity contribution is 9.11. The minimum absolute atomic E-state index is 0.248. The van der Waals surface area contributed by atoms with Crippen LogP contribution in [0.5, 0.6) is 0 Å². The average molecular weight is 522 g/mol. The summed E-state index contributed by atoms with van der Waals surface area (Å²) in [5.41, 5.74) is 9.47. The topological polar surface area (TPSA) is 13.1 Å². The lowest BCUT2D eigenvalue weighted by molar-refractivity contribution is 0.463. The molecule has 0 N–H and O–H groups in total. The summed E-state index contributed by atoms with van der Waals surface area (Å²) >= 11 is 10.6. The molecule has 3 aliphatic carbocycles. The molecule has 4 aromatic carbocycles. The van der Waals surface area contributed by atoms with Gasteiger partial charge in [-0.05, 0) is 57.6 Å². The molecule has 3 unspecified atom stereocenters. The zero-order valence-corrected chi connectivity index (χ0v) is 20.4. The van der Waals surface area contributed by atoms with Crippen LogP contribution in [0.15, 0.2) is 106 Å². The first-order valence-corrected chi connectivity index (χ1v) is 12.7. The highest BCUT2D eigenvalue weighted by atomic mass is 79.9. The number of benzene rings is 4. The molecule has 3 aliphatic rings. The Bertz CT molecular complexity index is 1760. The monoisotopic (exact) mass is 520 g/mol. The summed E-state index contributed by atoms with van der Waals surface area (Å²) in [6.45, 7) is 0. The molecule has 1 nitrogen and oxygen atoms in total. The van der Waals surface area contributed by atoms with Crippen LogP contribution in [0.1, 0.15) is 28.2 Å². The van der Waals surface area contributed by atoms with Crippen LogP contribution in [-0.4, -0.2) is 0 Å². The van der Waals surface area contributed by atoms with E-state index in [1.165, 1.54) is 43.2 Å². The highest BCUT2D eigenvalue weighted by Gasteiger charge is 2.58. The first kappa shape index (κ1) is 19.3. The van der Waals surface area contributed by atoms with Crippen molar-refractivity contribution in [1.82, 2.24) is 0 Å². The molecule has 3 heteroatoms.